The maximum atomic E-state index is 13.0. The van der Waals surface area contributed by atoms with Crippen LogP contribution in [0.25, 0.3) is 27.7 Å². The summed E-state index contributed by atoms with van der Waals surface area (Å²) >= 11 is 0. The number of ether oxygens (including phenoxy) is 2. The Morgan fingerprint density at radius 3 is 2.53 bits per heavy atom. The van der Waals surface area contributed by atoms with Gasteiger partial charge in [-0.3, -0.25) is 14.1 Å². The van der Waals surface area contributed by atoms with Crippen molar-refractivity contribution in [2.75, 3.05) is 11.8 Å². The Bertz CT molecular complexity index is 1790. The van der Waals surface area contributed by atoms with Gasteiger partial charge >= 0.3 is 6.61 Å². The molecule has 0 saturated heterocycles. The molecule has 3 aromatic carbocycles. The van der Waals surface area contributed by atoms with Crippen molar-refractivity contribution in [1.29, 1.82) is 0 Å². The highest BCUT2D eigenvalue weighted by atomic mass is 32.2. The molecule has 194 valence electrons. The van der Waals surface area contributed by atoms with Gasteiger partial charge < -0.3 is 14.0 Å². The summed E-state index contributed by atoms with van der Waals surface area (Å²) in [5.74, 6) is 0.377. The Morgan fingerprint density at radius 2 is 1.79 bits per heavy atom. The minimum absolute atomic E-state index is 0.00890. The third-order valence-electron chi connectivity index (χ3n) is 5.67. The molecule has 9 nitrogen and oxygen atoms in total. The number of sulfonamides is 1. The van der Waals surface area contributed by atoms with Gasteiger partial charge in [-0.25, -0.2) is 8.42 Å². The van der Waals surface area contributed by atoms with Crippen LogP contribution in [0.4, 0.5) is 14.6 Å². The third-order valence-corrected chi connectivity index (χ3v) is 7.02. The summed E-state index contributed by atoms with van der Waals surface area (Å²) < 4.78 is 69.3. The molecular formula is C26H19F2N3O6S. The second kappa shape index (κ2) is 9.98. The van der Waals surface area contributed by atoms with Crippen LogP contribution in [0.5, 0.6) is 11.5 Å². The highest BCUT2D eigenvalue weighted by molar-refractivity contribution is 7.92. The molecule has 0 spiro atoms. The number of alkyl halides is 2. The van der Waals surface area contributed by atoms with Crippen LogP contribution >= 0.6 is 0 Å². The van der Waals surface area contributed by atoms with Crippen LogP contribution < -0.4 is 19.8 Å². The first-order chi connectivity index (χ1) is 18.2. The predicted molar refractivity (Wildman–Crippen MR) is 135 cm³/mol. The van der Waals surface area contributed by atoms with E-state index in [2.05, 4.69) is 19.1 Å². The Kier molecular flexibility index (Phi) is 6.55. The molecule has 38 heavy (non-hydrogen) atoms. The zero-order valence-electron chi connectivity index (χ0n) is 19.7. The van der Waals surface area contributed by atoms with Crippen molar-refractivity contribution < 1.29 is 31.2 Å². The summed E-state index contributed by atoms with van der Waals surface area (Å²) in [7, 11) is -2.52. The monoisotopic (exact) mass is 539 g/mol. The molecule has 1 N–H and O–H groups in total. The summed E-state index contributed by atoms with van der Waals surface area (Å²) in [5, 5.41) is 4.04. The molecule has 12 heteroatoms. The van der Waals surface area contributed by atoms with Crippen LogP contribution in [0.3, 0.4) is 0 Å². The number of rotatable bonds is 8. The molecule has 0 unspecified atom stereocenters. The average molecular weight is 540 g/mol. The van der Waals surface area contributed by atoms with E-state index in [4.69, 9.17) is 4.74 Å². The number of methoxy groups -OCH3 is 1. The SMILES string of the molecule is COc1cc(-c2cccc(OC(F)F)c2)ccc1-n1c(=O)ccc2cc(S(=O)(=O)Nc3ccon3)ccc21. The normalized spacial score (nSPS) is 11.6. The zero-order valence-corrected chi connectivity index (χ0v) is 20.5. The number of halogens is 2. The number of hydrogen-bond donors (Lipinski definition) is 1. The standard InChI is InChI=1S/C26H19F2N3O6S/c1-35-23-15-17(16-3-2-4-19(13-16)37-26(27)28)5-8-22(23)31-21-9-7-20(14-18(21)6-10-25(31)32)38(33,34)30-24-11-12-36-29-24/h2-15,26H,1H3,(H,29,30). The molecule has 0 saturated carbocycles. The highest BCUT2D eigenvalue weighted by Crippen LogP contribution is 2.33. The summed E-state index contributed by atoms with van der Waals surface area (Å²) in [6, 6.07) is 19.8. The lowest BCUT2D eigenvalue weighted by Crippen LogP contribution is -2.18. The number of anilines is 1. The molecule has 5 aromatic rings. The van der Waals surface area contributed by atoms with Crippen LogP contribution in [0, 0.1) is 0 Å². The number of aromatic nitrogens is 2. The van der Waals surface area contributed by atoms with Gasteiger partial charge in [0.15, 0.2) is 5.82 Å². The molecule has 2 heterocycles. The quantitative estimate of drug-likeness (QED) is 0.293. The third kappa shape index (κ3) is 4.93. The van der Waals surface area contributed by atoms with E-state index >= 15 is 0 Å². The smallest absolute Gasteiger partial charge is 0.387 e. The zero-order chi connectivity index (χ0) is 26.9. The van der Waals surface area contributed by atoms with E-state index in [1.165, 1.54) is 66.5 Å². The summed E-state index contributed by atoms with van der Waals surface area (Å²) in [6.45, 7) is -2.95. The molecule has 2 aromatic heterocycles. The van der Waals surface area contributed by atoms with E-state index in [0.29, 0.717) is 33.5 Å². The fourth-order valence-corrected chi connectivity index (χ4v) is 5.02. The van der Waals surface area contributed by atoms with Gasteiger partial charge in [0.05, 0.1) is 23.2 Å². The number of hydrogen-bond acceptors (Lipinski definition) is 7. The molecule has 5 rings (SSSR count). The van der Waals surface area contributed by atoms with Gasteiger partial charge in [-0.05, 0) is 59.7 Å². The van der Waals surface area contributed by atoms with E-state index in [1.807, 2.05) is 0 Å². The number of fused-ring (bicyclic) bond motifs is 1. The van der Waals surface area contributed by atoms with Gasteiger partial charge in [-0.2, -0.15) is 8.78 Å². The minimum Gasteiger partial charge on any atom is -0.495 e. The van der Waals surface area contributed by atoms with Crippen LogP contribution in [0.2, 0.25) is 0 Å². The first kappa shape index (κ1) is 25.0. The molecule has 0 fully saturated rings. The van der Waals surface area contributed by atoms with Crippen molar-refractivity contribution >= 4 is 26.7 Å². The summed E-state index contributed by atoms with van der Waals surface area (Å²) in [6.07, 6.45) is 1.24. The Labute approximate surface area is 214 Å². The topological polar surface area (TPSA) is 113 Å². The van der Waals surface area contributed by atoms with Gasteiger partial charge in [0.2, 0.25) is 0 Å². The van der Waals surface area contributed by atoms with Crippen molar-refractivity contribution in [3.8, 4) is 28.3 Å². The average Bonchev–Trinajstić information content (AvgIpc) is 3.40. The predicted octanol–water partition coefficient (Wildman–Crippen LogP) is 5.06. The van der Waals surface area contributed by atoms with Gasteiger partial charge in [0, 0.05) is 17.5 Å². The van der Waals surface area contributed by atoms with Crippen molar-refractivity contribution in [1.82, 2.24) is 9.72 Å². The first-order valence-electron chi connectivity index (χ1n) is 11.1. The maximum absolute atomic E-state index is 13.0. The van der Waals surface area contributed by atoms with E-state index in [0.717, 1.165) is 0 Å². The van der Waals surface area contributed by atoms with Gasteiger partial charge in [0.1, 0.15) is 17.8 Å². The van der Waals surface area contributed by atoms with Crippen LogP contribution in [-0.4, -0.2) is 31.9 Å². The number of benzene rings is 3. The highest BCUT2D eigenvalue weighted by Gasteiger charge is 2.18. The lowest BCUT2D eigenvalue weighted by Gasteiger charge is -2.16. The summed E-state index contributed by atoms with van der Waals surface area (Å²) in [5.41, 5.74) is 1.73. The lowest BCUT2D eigenvalue weighted by atomic mass is 10.0. The number of nitrogens with zero attached hydrogens (tertiary/aromatic N) is 2. The number of pyridine rings is 1. The number of nitrogens with one attached hydrogen (secondary N) is 1. The van der Waals surface area contributed by atoms with Crippen LogP contribution in [0.1, 0.15) is 0 Å². The van der Waals surface area contributed by atoms with E-state index < -0.39 is 16.6 Å². The fraction of sp³-hybridized carbons (Fsp3) is 0.0769. The van der Waals surface area contributed by atoms with Crippen molar-refractivity contribution in [2.24, 2.45) is 0 Å². The second-order valence-corrected chi connectivity index (χ2v) is 9.69. The minimum atomic E-state index is -3.96. The molecule has 0 aliphatic carbocycles. The molecule has 0 aliphatic rings. The molecule has 0 amide bonds. The Hall–Kier alpha value is -4.71. The molecule has 0 aliphatic heterocycles. The molecule has 0 bridgehead atoms. The van der Waals surface area contributed by atoms with Crippen LogP contribution in [-0.2, 0) is 10.0 Å². The van der Waals surface area contributed by atoms with E-state index in [-0.39, 0.29) is 22.0 Å². The van der Waals surface area contributed by atoms with Gasteiger partial charge in [-0.1, -0.05) is 23.4 Å². The van der Waals surface area contributed by atoms with Crippen molar-refractivity contribution in [3.05, 3.63) is 95.5 Å². The van der Waals surface area contributed by atoms with Crippen molar-refractivity contribution in [3.63, 3.8) is 0 Å². The van der Waals surface area contributed by atoms with E-state index in [1.54, 1.807) is 30.3 Å². The Morgan fingerprint density at radius 1 is 0.974 bits per heavy atom. The summed E-state index contributed by atoms with van der Waals surface area (Å²) in [4.78, 5) is 12.9. The van der Waals surface area contributed by atoms with Crippen molar-refractivity contribution in [2.45, 2.75) is 11.5 Å². The van der Waals surface area contributed by atoms with Crippen LogP contribution in [0.15, 0.2) is 99.3 Å². The molecular weight excluding hydrogens is 520 g/mol. The fourth-order valence-electron chi connectivity index (χ4n) is 4.00. The lowest BCUT2D eigenvalue weighted by molar-refractivity contribution is -0.0498. The van der Waals surface area contributed by atoms with E-state index in [9.17, 15) is 22.0 Å². The molecule has 0 atom stereocenters. The first-order valence-corrected chi connectivity index (χ1v) is 12.6. The second-order valence-electron chi connectivity index (χ2n) is 8.01. The van der Waals surface area contributed by atoms with Gasteiger partial charge in [-0.15, -0.1) is 0 Å². The molecule has 0 radical (unpaired) electrons. The largest absolute Gasteiger partial charge is 0.495 e. The van der Waals surface area contributed by atoms with Gasteiger partial charge in [0.25, 0.3) is 15.6 Å². The Balaban J connectivity index is 1.57. The maximum Gasteiger partial charge on any atom is 0.387 e.